The van der Waals surface area contributed by atoms with Crippen molar-refractivity contribution in [1.82, 2.24) is 15.5 Å². The molecule has 2 unspecified atom stereocenters. The zero-order valence-electron chi connectivity index (χ0n) is 17.7. The Morgan fingerprint density at radius 1 is 1.21 bits per heavy atom. The summed E-state index contributed by atoms with van der Waals surface area (Å²) in [6, 6.07) is 4.97. The molecular formula is C22H38N4OS. The lowest BCUT2D eigenvalue weighted by Crippen LogP contribution is -2.45. The summed E-state index contributed by atoms with van der Waals surface area (Å²) in [5.74, 6) is 1.53. The van der Waals surface area contributed by atoms with Gasteiger partial charge in [-0.2, -0.15) is 0 Å². The average molecular weight is 407 g/mol. The van der Waals surface area contributed by atoms with E-state index in [0.717, 1.165) is 32.1 Å². The Kier molecular flexibility index (Phi) is 9.09. The van der Waals surface area contributed by atoms with Gasteiger partial charge >= 0.3 is 0 Å². The third-order valence-electron chi connectivity index (χ3n) is 6.12. The minimum atomic E-state index is 0.503. The Labute approximate surface area is 174 Å². The molecule has 2 heterocycles. The monoisotopic (exact) mass is 406 g/mol. The number of guanidine groups is 1. The van der Waals surface area contributed by atoms with Crippen LogP contribution >= 0.6 is 11.3 Å². The summed E-state index contributed by atoms with van der Waals surface area (Å²) in [4.78, 5) is 8.41. The summed E-state index contributed by atoms with van der Waals surface area (Å²) in [7, 11) is 4.12. The molecule has 0 bridgehead atoms. The van der Waals surface area contributed by atoms with Gasteiger partial charge in [0.1, 0.15) is 0 Å². The topological polar surface area (TPSA) is 48.9 Å². The molecule has 1 saturated heterocycles. The number of ether oxygens (including phenoxy) is 1. The Morgan fingerprint density at radius 3 is 2.82 bits per heavy atom. The van der Waals surface area contributed by atoms with Gasteiger partial charge in [0.15, 0.2) is 5.96 Å². The number of piperidine rings is 1. The largest absolute Gasteiger partial charge is 0.378 e. The van der Waals surface area contributed by atoms with E-state index in [9.17, 15) is 0 Å². The molecule has 5 nitrogen and oxygen atoms in total. The molecule has 0 aromatic carbocycles. The zero-order valence-corrected chi connectivity index (χ0v) is 18.5. The molecule has 2 atom stereocenters. The van der Waals surface area contributed by atoms with Gasteiger partial charge in [0.2, 0.25) is 0 Å². The summed E-state index contributed by atoms with van der Waals surface area (Å²) >= 11 is 1.88. The van der Waals surface area contributed by atoms with Crippen LogP contribution in [0.5, 0.6) is 0 Å². The first-order valence-electron chi connectivity index (χ1n) is 11.1. The number of likely N-dealkylation sites (tertiary alicyclic amines) is 1. The van der Waals surface area contributed by atoms with Crippen molar-refractivity contribution in [3.8, 4) is 0 Å². The number of aliphatic imine (C=N–C) groups is 1. The van der Waals surface area contributed by atoms with Gasteiger partial charge in [0.25, 0.3) is 0 Å². The van der Waals surface area contributed by atoms with Gasteiger partial charge in [-0.05, 0) is 63.1 Å². The zero-order chi connectivity index (χ0) is 19.6. The second-order valence-corrected chi connectivity index (χ2v) is 9.19. The fourth-order valence-corrected chi connectivity index (χ4v) is 5.57. The summed E-state index contributed by atoms with van der Waals surface area (Å²) in [6.45, 7) is 3.91. The molecule has 2 fully saturated rings. The highest BCUT2D eigenvalue weighted by Crippen LogP contribution is 2.36. The Balaban J connectivity index is 1.37. The van der Waals surface area contributed by atoms with Gasteiger partial charge in [-0.15, -0.1) is 11.3 Å². The van der Waals surface area contributed by atoms with Gasteiger partial charge in [-0.1, -0.05) is 25.3 Å². The minimum Gasteiger partial charge on any atom is -0.378 e. The Bertz CT molecular complexity index is 571. The highest BCUT2D eigenvalue weighted by Gasteiger charge is 2.31. The maximum absolute atomic E-state index is 6.02. The van der Waals surface area contributed by atoms with E-state index in [1.165, 1.54) is 56.4 Å². The lowest BCUT2D eigenvalue weighted by atomic mass is 9.88. The number of hydrogen-bond donors (Lipinski definition) is 2. The van der Waals surface area contributed by atoms with Crippen molar-refractivity contribution in [2.24, 2.45) is 10.9 Å². The number of hydrogen-bond acceptors (Lipinski definition) is 4. The van der Waals surface area contributed by atoms with Gasteiger partial charge in [-0.3, -0.25) is 9.89 Å². The van der Waals surface area contributed by atoms with Gasteiger partial charge in [-0.25, -0.2) is 0 Å². The van der Waals surface area contributed by atoms with Crippen LogP contribution in [0.2, 0.25) is 0 Å². The van der Waals surface area contributed by atoms with Gasteiger partial charge in [0, 0.05) is 37.7 Å². The van der Waals surface area contributed by atoms with Crippen LogP contribution in [-0.4, -0.2) is 57.3 Å². The van der Waals surface area contributed by atoms with Crippen LogP contribution in [0.1, 0.15) is 62.3 Å². The molecule has 1 aromatic heterocycles. The molecule has 158 valence electrons. The molecule has 6 heteroatoms. The first-order chi connectivity index (χ1) is 13.8. The maximum Gasteiger partial charge on any atom is 0.190 e. The molecular weight excluding hydrogens is 368 g/mol. The predicted octanol–water partition coefficient (Wildman–Crippen LogP) is 4.04. The fraction of sp³-hybridized carbons (Fsp3) is 0.773. The van der Waals surface area contributed by atoms with Crippen molar-refractivity contribution in [1.29, 1.82) is 0 Å². The normalized spacial score (nSPS) is 25.0. The van der Waals surface area contributed by atoms with Crippen LogP contribution < -0.4 is 10.6 Å². The van der Waals surface area contributed by atoms with Gasteiger partial charge < -0.3 is 15.4 Å². The fourth-order valence-electron chi connectivity index (χ4n) is 4.59. The summed E-state index contributed by atoms with van der Waals surface area (Å²) < 4.78 is 6.02. The number of nitrogens with one attached hydrogen (secondary N) is 2. The highest BCUT2D eigenvalue weighted by atomic mass is 32.1. The van der Waals surface area contributed by atoms with E-state index in [2.05, 4.69) is 45.1 Å². The summed E-state index contributed by atoms with van der Waals surface area (Å²) in [6.07, 6.45) is 10.6. The van der Waals surface area contributed by atoms with Crippen LogP contribution in [-0.2, 0) is 4.74 Å². The standard InChI is InChI=1S/C22H38N4OS/c1-23-22(24-13-8-15-27-19-10-4-3-5-11-19)25-17-18-9-6-14-26(2)21(18)20-12-7-16-28-20/h7,12,16,18-19,21H,3-6,8-11,13-15,17H2,1-2H3,(H2,23,24,25). The second kappa shape index (κ2) is 11.8. The molecule has 2 N–H and O–H groups in total. The first kappa shape index (κ1) is 21.6. The van der Waals surface area contributed by atoms with E-state index in [1.54, 1.807) is 0 Å². The highest BCUT2D eigenvalue weighted by molar-refractivity contribution is 7.10. The molecule has 1 saturated carbocycles. The molecule has 0 radical (unpaired) electrons. The van der Waals surface area contributed by atoms with Crippen molar-refractivity contribution < 1.29 is 4.74 Å². The van der Waals surface area contributed by atoms with Crippen LogP contribution in [0, 0.1) is 5.92 Å². The number of nitrogens with zero attached hydrogens (tertiary/aromatic N) is 2. The first-order valence-corrected chi connectivity index (χ1v) is 12.0. The van der Waals surface area contributed by atoms with Crippen LogP contribution in [0.3, 0.4) is 0 Å². The average Bonchev–Trinajstić information content (AvgIpc) is 3.25. The molecule has 2 aliphatic rings. The Morgan fingerprint density at radius 2 is 2.07 bits per heavy atom. The lowest BCUT2D eigenvalue weighted by molar-refractivity contribution is 0.0277. The van der Waals surface area contributed by atoms with Crippen molar-refractivity contribution in [3.05, 3.63) is 22.4 Å². The van der Waals surface area contributed by atoms with Crippen molar-refractivity contribution >= 4 is 17.3 Å². The molecule has 0 spiro atoms. The molecule has 1 aliphatic heterocycles. The smallest absolute Gasteiger partial charge is 0.190 e. The molecule has 28 heavy (non-hydrogen) atoms. The summed E-state index contributed by atoms with van der Waals surface area (Å²) in [5.41, 5.74) is 0. The van der Waals surface area contributed by atoms with E-state index < -0.39 is 0 Å². The minimum absolute atomic E-state index is 0.503. The molecule has 3 rings (SSSR count). The third kappa shape index (κ3) is 6.46. The van der Waals surface area contributed by atoms with Crippen molar-refractivity contribution in [2.45, 2.75) is 63.5 Å². The summed E-state index contributed by atoms with van der Waals surface area (Å²) in [5, 5.41) is 9.22. The molecule has 1 aromatic rings. The predicted molar refractivity (Wildman–Crippen MR) is 119 cm³/mol. The van der Waals surface area contributed by atoms with E-state index in [1.807, 2.05) is 18.4 Å². The Hall–Kier alpha value is -1.11. The number of rotatable bonds is 8. The molecule has 1 aliphatic carbocycles. The third-order valence-corrected chi connectivity index (χ3v) is 7.06. The number of thiophene rings is 1. The lowest BCUT2D eigenvalue weighted by Gasteiger charge is -2.39. The van der Waals surface area contributed by atoms with Crippen LogP contribution in [0.15, 0.2) is 22.5 Å². The van der Waals surface area contributed by atoms with Crippen molar-refractivity contribution in [3.63, 3.8) is 0 Å². The van der Waals surface area contributed by atoms with E-state index in [4.69, 9.17) is 4.74 Å². The maximum atomic E-state index is 6.02. The SMILES string of the molecule is CN=C(NCCCOC1CCCCC1)NCC1CCCN(C)C1c1cccs1. The van der Waals surface area contributed by atoms with Crippen molar-refractivity contribution in [2.75, 3.05) is 40.3 Å². The van der Waals surface area contributed by atoms with Crippen LogP contribution in [0.25, 0.3) is 0 Å². The molecule has 0 amide bonds. The van der Waals surface area contributed by atoms with E-state index >= 15 is 0 Å². The quantitative estimate of drug-likeness (QED) is 0.389. The van der Waals surface area contributed by atoms with Crippen LogP contribution in [0.4, 0.5) is 0 Å². The van der Waals surface area contributed by atoms with E-state index in [0.29, 0.717) is 18.1 Å². The van der Waals surface area contributed by atoms with E-state index in [-0.39, 0.29) is 0 Å². The van der Waals surface area contributed by atoms with Gasteiger partial charge in [0.05, 0.1) is 6.10 Å². The second-order valence-electron chi connectivity index (χ2n) is 8.21.